The average molecular weight is 860 g/mol. The minimum Gasteiger partial charge on any atom is -0.311 e. The monoisotopic (exact) mass is 859 g/mol. The van der Waals surface area contributed by atoms with E-state index in [9.17, 15) is 19.2 Å². The molecule has 2 aliphatic rings. The molecule has 2 aliphatic heterocycles. The summed E-state index contributed by atoms with van der Waals surface area (Å²) in [4.78, 5) is 61.0. The molecule has 7 nitrogen and oxygen atoms in total. The van der Waals surface area contributed by atoms with Gasteiger partial charge in [-0.1, -0.05) is 145 Å². The number of para-hydroxylation sites is 1. The van der Waals surface area contributed by atoms with Gasteiger partial charge in [0.25, 0.3) is 23.6 Å². The molecule has 0 fully saturated rings. The summed E-state index contributed by atoms with van der Waals surface area (Å²) in [5.74, 6) is -0.268. The van der Waals surface area contributed by atoms with Crippen LogP contribution >= 0.6 is 0 Å². The van der Waals surface area contributed by atoms with Gasteiger partial charge in [-0.3, -0.25) is 29.0 Å². The van der Waals surface area contributed by atoms with Gasteiger partial charge in [-0.15, -0.1) is 0 Å². The van der Waals surface area contributed by atoms with E-state index < -0.39 is 0 Å². The molecule has 7 heteroatoms. The van der Waals surface area contributed by atoms with Crippen LogP contribution in [0.15, 0.2) is 140 Å². The third kappa shape index (κ3) is 8.02. The first-order valence-corrected chi connectivity index (χ1v) is 23.7. The van der Waals surface area contributed by atoms with E-state index in [1.807, 2.05) is 78.9 Å². The first kappa shape index (κ1) is 43.4. The highest BCUT2D eigenvalue weighted by molar-refractivity contribution is 6.28. The quantitative estimate of drug-likeness (QED) is 0.0853. The first-order valence-electron chi connectivity index (χ1n) is 23.7. The largest absolute Gasteiger partial charge is 0.311 e. The van der Waals surface area contributed by atoms with Crippen molar-refractivity contribution >= 4 is 62.2 Å². The molecule has 0 N–H and O–H groups in total. The standard InChI is InChI=1S/C58H57N3O4/c1-5-9-16-38(7-3)36-59-55(62)49-22-14-20-47-45(32-34-51(53(47)49)57(59)64)40-24-28-43(29-25-40)61(42-18-12-11-13-19-42)44-30-26-41(27-31-44)46-33-35-52-54-48(46)21-15-23-50(54)56(63)60(58(52)65)37-39(8-4)17-10-6-2/h11-15,18-35,38-39H,5-10,16-17,36-37H2,1-4H3. The second-order valence-corrected chi connectivity index (χ2v) is 17.8. The maximum absolute atomic E-state index is 13.9. The average Bonchev–Trinajstić information content (AvgIpc) is 3.35. The van der Waals surface area contributed by atoms with E-state index in [-0.39, 0.29) is 35.5 Å². The smallest absolute Gasteiger partial charge is 0.261 e. The highest BCUT2D eigenvalue weighted by Gasteiger charge is 2.36. The molecule has 7 aromatic rings. The van der Waals surface area contributed by atoms with Gasteiger partial charge in [-0.2, -0.15) is 0 Å². The molecule has 0 bridgehead atoms. The Balaban J connectivity index is 1.01. The van der Waals surface area contributed by atoms with Crippen LogP contribution < -0.4 is 4.90 Å². The lowest BCUT2D eigenvalue weighted by Crippen LogP contribution is -2.43. The molecule has 2 unspecified atom stereocenters. The minimum atomic E-state index is -0.209. The summed E-state index contributed by atoms with van der Waals surface area (Å²) in [6.07, 6.45) is 8.20. The second kappa shape index (κ2) is 18.7. The Hall–Kier alpha value is -6.86. The number of anilines is 3. The van der Waals surface area contributed by atoms with E-state index in [0.717, 1.165) is 112 Å². The Labute approximate surface area is 382 Å². The molecule has 0 saturated heterocycles. The van der Waals surface area contributed by atoms with Crippen LogP contribution in [0.1, 0.15) is 120 Å². The van der Waals surface area contributed by atoms with Gasteiger partial charge in [0.2, 0.25) is 0 Å². The van der Waals surface area contributed by atoms with E-state index in [0.29, 0.717) is 35.3 Å². The molecule has 7 aromatic carbocycles. The Morgan fingerprint density at radius 1 is 0.400 bits per heavy atom. The van der Waals surface area contributed by atoms with Crippen molar-refractivity contribution in [3.05, 3.63) is 162 Å². The van der Waals surface area contributed by atoms with Crippen LogP contribution in [-0.4, -0.2) is 46.5 Å². The summed E-state index contributed by atoms with van der Waals surface area (Å²) in [5, 5.41) is 3.23. The summed E-state index contributed by atoms with van der Waals surface area (Å²) < 4.78 is 0. The lowest BCUT2D eigenvalue weighted by Gasteiger charge is -2.30. The highest BCUT2D eigenvalue weighted by atomic mass is 16.2. The van der Waals surface area contributed by atoms with Gasteiger partial charge in [0, 0.05) is 63.2 Å². The van der Waals surface area contributed by atoms with Crippen LogP contribution in [0, 0.1) is 11.8 Å². The number of carbonyl (C=O) groups is 4. The number of rotatable bonds is 17. The van der Waals surface area contributed by atoms with Gasteiger partial charge in [0.1, 0.15) is 0 Å². The third-order valence-corrected chi connectivity index (χ3v) is 13.8. The zero-order valence-corrected chi connectivity index (χ0v) is 38.0. The summed E-state index contributed by atoms with van der Waals surface area (Å²) in [7, 11) is 0. The minimum absolute atomic E-state index is 0.209. The Morgan fingerprint density at radius 3 is 1.15 bits per heavy atom. The lowest BCUT2D eigenvalue weighted by molar-refractivity contribution is 0.0565. The predicted molar refractivity (Wildman–Crippen MR) is 264 cm³/mol. The van der Waals surface area contributed by atoms with Gasteiger partial charge >= 0.3 is 0 Å². The fourth-order valence-electron chi connectivity index (χ4n) is 10.1. The Bertz CT molecular complexity index is 2700. The molecule has 2 heterocycles. The van der Waals surface area contributed by atoms with Gasteiger partial charge in [-0.25, -0.2) is 0 Å². The number of benzene rings is 7. The van der Waals surface area contributed by atoms with Gasteiger partial charge in [0.05, 0.1) is 0 Å². The van der Waals surface area contributed by atoms with Crippen molar-refractivity contribution in [3.63, 3.8) is 0 Å². The van der Waals surface area contributed by atoms with Crippen molar-refractivity contribution in [2.24, 2.45) is 11.8 Å². The van der Waals surface area contributed by atoms with E-state index in [2.05, 4.69) is 93.3 Å². The van der Waals surface area contributed by atoms with Crippen molar-refractivity contribution in [3.8, 4) is 22.3 Å². The van der Waals surface area contributed by atoms with E-state index in [4.69, 9.17) is 0 Å². The molecule has 2 atom stereocenters. The molecule has 65 heavy (non-hydrogen) atoms. The van der Waals surface area contributed by atoms with Crippen molar-refractivity contribution in [2.75, 3.05) is 18.0 Å². The predicted octanol–water partition coefficient (Wildman–Crippen LogP) is 14.4. The fraction of sp³-hybridized carbons (Fsp3) is 0.276. The maximum atomic E-state index is 13.9. The van der Waals surface area contributed by atoms with E-state index >= 15 is 0 Å². The van der Waals surface area contributed by atoms with E-state index in [1.54, 1.807) is 0 Å². The molecular formula is C58H57N3O4. The van der Waals surface area contributed by atoms with Crippen LogP contribution in [0.4, 0.5) is 17.1 Å². The third-order valence-electron chi connectivity index (χ3n) is 13.8. The number of nitrogens with zero attached hydrogens (tertiary/aromatic N) is 3. The zero-order valence-electron chi connectivity index (χ0n) is 38.0. The maximum Gasteiger partial charge on any atom is 0.261 e. The van der Waals surface area contributed by atoms with Crippen LogP contribution in [-0.2, 0) is 0 Å². The van der Waals surface area contributed by atoms with Crippen LogP contribution in [0.3, 0.4) is 0 Å². The fourth-order valence-corrected chi connectivity index (χ4v) is 10.1. The molecule has 328 valence electrons. The number of imide groups is 2. The number of hydrogen-bond donors (Lipinski definition) is 0. The number of carbonyl (C=O) groups excluding carboxylic acids is 4. The normalized spacial score (nSPS) is 14.4. The summed E-state index contributed by atoms with van der Waals surface area (Å²) in [6.45, 7) is 9.50. The first-order chi connectivity index (χ1) is 31.8. The van der Waals surface area contributed by atoms with Crippen LogP contribution in [0.5, 0.6) is 0 Å². The molecule has 0 aromatic heterocycles. The highest BCUT2D eigenvalue weighted by Crippen LogP contribution is 2.42. The topological polar surface area (TPSA) is 78.0 Å². The molecule has 0 spiro atoms. The molecule has 4 amide bonds. The number of hydrogen-bond acceptors (Lipinski definition) is 5. The molecule has 0 radical (unpaired) electrons. The van der Waals surface area contributed by atoms with Crippen LogP contribution in [0.25, 0.3) is 43.8 Å². The lowest BCUT2D eigenvalue weighted by atomic mass is 9.88. The number of amides is 4. The Morgan fingerprint density at radius 2 is 0.769 bits per heavy atom. The van der Waals surface area contributed by atoms with Crippen molar-refractivity contribution < 1.29 is 19.2 Å². The Kier molecular flexibility index (Phi) is 12.5. The van der Waals surface area contributed by atoms with Crippen molar-refractivity contribution in [1.82, 2.24) is 9.80 Å². The second-order valence-electron chi connectivity index (χ2n) is 17.8. The SMILES string of the molecule is CCCCC(CC)CN1C(=O)c2cccc3c(-c4ccc(N(c5ccccc5)c5ccc(-c6ccc7c8c(cccc68)C(=O)N(CC(CC)CCCC)C7=O)cc5)cc4)ccc(c23)C1=O. The summed E-state index contributed by atoms with van der Waals surface area (Å²) in [5.41, 5.74) is 9.16. The molecule has 9 rings (SSSR count). The van der Waals surface area contributed by atoms with Gasteiger partial charge < -0.3 is 4.90 Å². The molecular weight excluding hydrogens is 803 g/mol. The number of unbranched alkanes of at least 4 members (excludes halogenated alkanes) is 2. The van der Waals surface area contributed by atoms with Gasteiger partial charge in [0.15, 0.2) is 0 Å². The zero-order chi connectivity index (χ0) is 45.2. The van der Waals surface area contributed by atoms with E-state index in [1.165, 1.54) is 9.80 Å². The molecule has 0 saturated carbocycles. The molecule has 0 aliphatic carbocycles. The van der Waals surface area contributed by atoms with Crippen molar-refractivity contribution in [2.45, 2.75) is 79.1 Å². The van der Waals surface area contributed by atoms with Crippen LogP contribution in [0.2, 0.25) is 0 Å². The summed E-state index contributed by atoms with van der Waals surface area (Å²) in [6, 6.07) is 46.6. The van der Waals surface area contributed by atoms with Crippen molar-refractivity contribution in [1.29, 1.82) is 0 Å². The summed E-state index contributed by atoms with van der Waals surface area (Å²) >= 11 is 0. The van der Waals surface area contributed by atoms with Gasteiger partial charge in [-0.05, 0) is 118 Å².